The molecule has 0 saturated heterocycles. The van der Waals surface area contributed by atoms with E-state index in [1.54, 1.807) is 0 Å². The summed E-state index contributed by atoms with van der Waals surface area (Å²) < 4.78 is 0. The Morgan fingerprint density at radius 1 is 0.969 bits per heavy atom. The lowest BCUT2D eigenvalue weighted by atomic mass is 9.99. The standard InChI is InChI=1S/C22H18N6O4/c29-21(30)18-13-26-22(24-11-10-23-19-9-8-15(12-25-19)28(31)32)27-20(18)17-7-3-5-14-4-1-2-6-16(14)17/h1-9,12-13H,10-11H2,(H,23,25)(H,29,30)(H,24,26,27). The maximum Gasteiger partial charge on any atom is 0.339 e. The summed E-state index contributed by atoms with van der Waals surface area (Å²) in [5, 5.41) is 28.3. The Hall–Kier alpha value is -4.60. The number of hydrogen-bond acceptors (Lipinski definition) is 8. The molecule has 4 rings (SSSR count). The van der Waals surface area contributed by atoms with Crippen molar-refractivity contribution in [3.63, 3.8) is 0 Å². The van der Waals surface area contributed by atoms with Gasteiger partial charge >= 0.3 is 5.97 Å². The monoisotopic (exact) mass is 430 g/mol. The quantitative estimate of drug-likeness (QED) is 0.216. The van der Waals surface area contributed by atoms with E-state index in [4.69, 9.17) is 0 Å². The van der Waals surface area contributed by atoms with Crippen LogP contribution in [0.5, 0.6) is 0 Å². The molecule has 0 aliphatic rings. The van der Waals surface area contributed by atoms with Crippen LogP contribution in [0, 0.1) is 10.1 Å². The molecule has 2 heterocycles. The van der Waals surface area contributed by atoms with Gasteiger partial charge in [-0.3, -0.25) is 10.1 Å². The second-order valence-corrected chi connectivity index (χ2v) is 6.80. The van der Waals surface area contributed by atoms with Crippen LogP contribution in [-0.2, 0) is 0 Å². The molecule has 0 saturated carbocycles. The van der Waals surface area contributed by atoms with Gasteiger partial charge in [0.05, 0.1) is 10.6 Å². The first kappa shape index (κ1) is 20.7. The Labute approximate surface area is 182 Å². The van der Waals surface area contributed by atoms with Crippen molar-refractivity contribution in [3.05, 3.63) is 82.7 Å². The fourth-order valence-electron chi connectivity index (χ4n) is 3.22. The fourth-order valence-corrected chi connectivity index (χ4v) is 3.22. The van der Waals surface area contributed by atoms with Crippen molar-refractivity contribution in [2.45, 2.75) is 0 Å². The third-order valence-corrected chi connectivity index (χ3v) is 4.74. The molecule has 10 nitrogen and oxygen atoms in total. The van der Waals surface area contributed by atoms with Crippen LogP contribution in [-0.4, -0.2) is 44.0 Å². The van der Waals surface area contributed by atoms with Crippen molar-refractivity contribution in [2.24, 2.45) is 0 Å². The minimum atomic E-state index is -1.11. The van der Waals surface area contributed by atoms with E-state index in [1.807, 2.05) is 42.5 Å². The van der Waals surface area contributed by atoms with Crippen LogP contribution in [0.2, 0.25) is 0 Å². The number of pyridine rings is 1. The van der Waals surface area contributed by atoms with E-state index < -0.39 is 10.9 Å². The van der Waals surface area contributed by atoms with Crippen molar-refractivity contribution in [2.75, 3.05) is 23.7 Å². The third-order valence-electron chi connectivity index (χ3n) is 4.74. The maximum absolute atomic E-state index is 11.8. The van der Waals surface area contributed by atoms with E-state index in [0.29, 0.717) is 30.2 Å². The van der Waals surface area contributed by atoms with Gasteiger partial charge in [0.2, 0.25) is 5.95 Å². The molecule has 10 heteroatoms. The van der Waals surface area contributed by atoms with Gasteiger partial charge in [0.15, 0.2) is 0 Å². The van der Waals surface area contributed by atoms with Crippen molar-refractivity contribution in [1.82, 2.24) is 15.0 Å². The summed E-state index contributed by atoms with van der Waals surface area (Å²) in [6, 6.07) is 16.2. The van der Waals surface area contributed by atoms with E-state index >= 15 is 0 Å². The van der Waals surface area contributed by atoms with Gasteiger partial charge in [-0.2, -0.15) is 0 Å². The molecule has 0 atom stereocenters. The minimum absolute atomic E-state index is 0.0140. The molecule has 160 valence electrons. The van der Waals surface area contributed by atoms with Crippen LogP contribution in [0.4, 0.5) is 17.5 Å². The number of fused-ring (bicyclic) bond motifs is 1. The molecule has 0 radical (unpaired) electrons. The molecule has 2 aromatic heterocycles. The van der Waals surface area contributed by atoms with Gasteiger partial charge in [0.1, 0.15) is 17.6 Å². The van der Waals surface area contributed by atoms with E-state index in [2.05, 4.69) is 25.6 Å². The Bertz CT molecular complexity index is 1290. The van der Waals surface area contributed by atoms with Crippen molar-refractivity contribution in [1.29, 1.82) is 0 Å². The van der Waals surface area contributed by atoms with Gasteiger partial charge in [0.25, 0.3) is 5.69 Å². The van der Waals surface area contributed by atoms with Gasteiger partial charge in [0, 0.05) is 30.9 Å². The molecule has 0 spiro atoms. The topological polar surface area (TPSA) is 143 Å². The lowest BCUT2D eigenvalue weighted by molar-refractivity contribution is -0.385. The number of rotatable bonds is 8. The van der Waals surface area contributed by atoms with Crippen molar-refractivity contribution < 1.29 is 14.8 Å². The number of carboxylic acids is 1. The van der Waals surface area contributed by atoms with Crippen LogP contribution in [0.1, 0.15) is 10.4 Å². The van der Waals surface area contributed by atoms with Gasteiger partial charge in [-0.05, 0) is 16.8 Å². The molecule has 2 aromatic carbocycles. The van der Waals surface area contributed by atoms with Crippen LogP contribution in [0.25, 0.3) is 22.0 Å². The zero-order valence-electron chi connectivity index (χ0n) is 16.7. The van der Waals surface area contributed by atoms with Crippen molar-refractivity contribution >= 4 is 34.2 Å². The number of aromatic carboxylic acids is 1. The number of anilines is 2. The lowest BCUT2D eigenvalue weighted by Gasteiger charge is -2.12. The second-order valence-electron chi connectivity index (χ2n) is 6.80. The van der Waals surface area contributed by atoms with Gasteiger partial charge in [-0.1, -0.05) is 42.5 Å². The highest BCUT2D eigenvalue weighted by atomic mass is 16.6. The molecule has 0 aliphatic carbocycles. The van der Waals surface area contributed by atoms with Gasteiger partial charge in [-0.15, -0.1) is 0 Å². The van der Waals surface area contributed by atoms with E-state index in [1.165, 1.54) is 24.5 Å². The van der Waals surface area contributed by atoms with Gasteiger partial charge < -0.3 is 15.7 Å². The average Bonchev–Trinajstić information content (AvgIpc) is 2.81. The molecular weight excluding hydrogens is 412 g/mol. The summed E-state index contributed by atoms with van der Waals surface area (Å²) >= 11 is 0. The summed E-state index contributed by atoms with van der Waals surface area (Å²) in [6.07, 6.45) is 2.47. The summed E-state index contributed by atoms with van der Waals surface area (Å²) in [4.78, 5) is 34.5. The summed E-state index contributed by atoms with van der Waals surface area (Å²) in [6.45, 7) is 0.860. The van der Waals surface area contributed by atoms with Crippen LogP contribution >= 0.6 is 0 Å². The Morgan fingerprint density at radius 2 is 1.75 bits per heavy atom. The number of carboxylic acid groups (broad SMARTS) is 1. The van der Waals surface area contributed by atoms with Crippen LogP contribution in [0.3, 0.4) is 0 Å². The number of hydrogen-bond donors (Lipinski definition) is 3. The van der Waals surface area contributed by atoms with E-state index in [0.717, 1.165) is 10.8 Å². The predicted molar refractivity (Wildman–Crippen MR) is 120 cm³/mol. The summed E-state index contributed by atoms with van der Waals surface area (Å²) in [7, 11) is 0. The van der Waals surface area contributed by atoms with E-state index in [-0.39, 0.29) is 17.2 Å². The highest BCUT2D eigenvalue weighted by Crippen LogP contribution is 2.30. The predicted octanol–water partition coefficient (Wildman–Crippen LogP) is 3.82. The number of nitro groups is 1. The summed E-state index contributed by atoms with van der Waals surface area (Å²) in [5.74, 6) is -0.322. The second kappa shape index (κ2) is 9.04. The number of carbonyl (C=O) groups is 1. The molecular formula is C22H18N6O4. The third kappa shape index (κ3) is 4.43. The van der Waals surface area contributed by atoms with Crippen LogP contribution in [0.15, 0.2) is 67.0 Å². The highest BCUT2D eigenvalue weighted by molar-refractivity contribution is 6.02. The molecule has 0 aliphatic heterocycles. The maximum atomic E-state index is 11.8. The zero-order chi connectivity index (χ0) is 22.5. The van der Waals surface area contributed by atoms with E-state index in [9.17, 15) is 20.0 Å². The number of aromatic nitrogens is 3. The molecule has 0 bridgehead atoms. The largest absolute Gasteiger partial charge is 0.478 e. The molecule has 3 N–H and O–H groups in total. The Kier molecular flexibility index (Phi) is 5.84. The Morgan fingerprint density at radius 3 is 2.50 bits per heavy atom. The Balaban J connectivity index is 1.51. The number of nitrogens with one attached hydrogen (secondary N) is 2. The first-order chi connectivity index (χ1) is 15.5. The molecule has 4 aromatic rings. The number of nitrogens with zero attached hydrogens (tertiary/aromatic N) is 4. The molecule has 0 fully saturated rings. The molecule has 0 amide bonds. The first-order valence-corrected chi connectivity index (χ1v) is 9.69. The number of benzene rings is 2. The minimum Gasteiger partial charge on any atom is -0.478 e. The first-order valence-electron chi connectivity index (χ1n) is 9.69. The van der Waals surface area contributed by atoms with Crippen LogP contribution < -0.4 is 10.6 Å². The smallest absolute Gasteiger partial charge is 0.339 e. The SMILES string of the molecule is O=C(O)c1cnc(NCCNc2ccc([N+](=O)[O-])cn2)nc1-c1cccc2ccccc12. The highest BCUT2D eigenvalue weighted by Gasteiger charge is 2.17. The fraction of sp³-hybridized carbons (Fsp3) is 0.0909. The lowest BCUT2D eigenvalue weighted by Crippen LogP contribution is -2.16. The summed E-state index contributed by atoms with van der Waals surface area (Å²) in [5.41, 5.74) is 0.970. The molecule has 0 unspecified atom stereocenters. The zero-order valence-corrected chi connectivity index (χ0v) is 16.7. The van der Waals surface area contributed by atoms with Gasteiger partial charge in [-0.25, -0.2) is 19.7 Å². The average molecular weight is 430 g/mol. The molecule has 32 heavy (non-hydrogen) atoms. The van der Waals surface area contributed by atoms with Crippen molar-refractivity contribution in [3.8, 4) is 11.3 Å². The normalized spacial score (nSPS) is 10.6.